The minimum atomic E-state index is -0.807. The van der Waals surface area contributed by atoms with Gasteiger partial charge in [0.2, 0.25) is 0 Å². The molecule has 0 fully saturated rings. The molecule has 0 amide bonds. The Morgan fingerprint density at radius 3 is 2.89 bits per heavy atom. The summed E-state index contributed by atoms with van der Waals surface area (Å²) in [7, 11) is 0. The van der Waals surface area contributed by atoms with E-state index in [2.05, 4.69) is 10.3 Å². The number of nitrogens with zero attached hydrogens (tertiary/aromatic N) is 1. The van der Waals surface area contributed by atoms with E-state index in [0.717, 1.165) is 14.8 Å². The van der Waals surface area contributed by atoms with Crippen LogP contribution in [0.5, 0.6) is 0 Å². The third-order valence-electron chi connectivity index (χ3n) is 2.71. The molecule has 102 valence electrons. The summed E-state index contributed by atoms with van der Waals surface area (Å²) >= 11 is 3.26. The zero-order valence-electron chi connectivity index (χ0n) is 10.8. The van der Waals surface area contributed by atoms with E-state index in [1.165, 1.54) is 0 Å². The molecule has 2 heterocycles. The van der Waals surface area contributed by atoms with Crippen molar-refractivity contribution in [2.75, 3.05) is 0 Å². The molecule has 0 spiro atoms. The van der Waals surface area contributed by atoms with E-state index in [0.29, 0.717) is 6.54 Å². The van der Waals surface area contributed by atoms with Crippen LogP contribution in [0.15, 0.2) is 23.7 Å². The maximum absolute atomic E-state index is 11.1. The third-order valence-corrected chi connectivity index (χ3v) is 4.75. The van der Waals surface area contributed by atoms with Gasteiger partial charge in [-0.1, -0.05) is 19.9 Å². The molecule has 2 aromatic rings. The molecule has 0 unspecified atom stereocenters. The summed E-state index contributed by atoms with van der Waals surface area (Å²) < 4.78 is 0. The van der Waals surface area contributed by atoms with Crippen molar-refractivity contribution in [3.63, 3.8) is 0 Å². The van der Waals surface area contributed by atoms with E-state index in [4.69, 9.17) is 5.11 Å². The number of thiazole rings is 1. The Morgan fingerprint density at radius 2 is 2.32 bits per heavy atom. The van der Waals surface area contributed by atoms with Gasteiger partial charge in [0, 0.05) is 17.6 Å². The Morgan fingerprint density at radius 1 is 1.53 bits per heavy atom. The summed E-state index contributed by atoms with van der Waals surface area (Å²) in [6.45, 7) is 4.34. The van der Waals surface area contributed by atoms with Crippen LogP contribution in [-0.4, -0.2) is 22.1 Å². The first kappa shape index (κ1) is 14.2. The van der Waals surface area contributed by atoms with Gasteiger partial charge in [0.25, 0.3) is 0 Å². The monoisotopic (exact) mass is 296 g/mol. The minimum absolute atomic E-state index is 0.0576. The van der Waals surface area contributed by atoms with Crippen LogP contribution in [0.4, 0.5) is 0 Å². The first-order valence-corrected chi connectivity index (χ1v) is 7.72. The van der Waals surface area contributed by atoms with Crippen LogP contribution in [0, 0.1) is 5.92 Å². The highest BCUT2D eigenvalue weighted by atomic mass is 32.1. The van der Waals surface area contributed by atoms with Gasteiger partial charge >= 0.3 is 5.97 Å². The molecule has 0 radical (unpaired) electrons. The predicted octanol–water partition coefficient (Wildman–Crippen LogP) is 3.07. The quantitative estimate of drug-likeness (QED) is 0.860. The second-order valence-electron chi connectivity index (χ2n) is 4.55. The standard InChI is InChI=1S/C13H16N2O2S2/c1-8(2)11(13(16)17)14-6-9-7-15-12(19-9)10-4-3-5-18-10/h3-5,7-8,11,14H,6H2,1-2H3,(H,16,17)/t11-/m1/s1. The van der Waals surface area contributed by atoms with Crippen molar-refractivity contribution in [3.8, 4) is 9.88 Å². The summed E-state index contributed by atoms with van der Waals surface area (Å²) in [6.07, 6.45) is 1.81. The van der Waals surface area contributed by atoms with Crippen LogP contribution in [0.1, 0.15) is 18.7 Å². The Kier molecular flexibility index (Phi) is 4.68. The number of carboxylic acids is 1. The van der Waals surface area contributed by atoms with Gasteiger partial charge in [-0.3, -0.25) is 10.1 Å². The van der Waals surface area contributed by atoms with Crippen molar-refractivity contribution in [2.45, 2.75) is 26.4 Å². The first-order chi connectivity index (χ1) is 9.08. The Hall–Kier alpha value is -1.24. The molecule has 0 saturated heterocycles. The first-order valence-electron chi connectivity index (χ1n) is 6.02. The fourth-order valence-corrected chi connectivity index (χ4v) is 3.39. The van der Waals surface area contributed by atoms with Crippen LogP contribution in [0.25, 0.3) is 9.88 Å². The molecule has 2 N–H and O–H groups in total. The molecular formula is C13H16N2O2S2. The number of carboxylic acid groups (broad SMARTS) is 1. The number of carbonyl (C=O) groups is 1. The Bertz CT molecular complexity index is 535. The number of nitrogens with one attached hydrogen (secondary N) is 1. The second-order valence-corrected chi connectivity index (χ2v) is 6.61. The summed E-state index contributed by atoms with van der Waals surface area (Å²) in [5, 5.41) is 15.2. The van der Waals surface area contributed by atoms with Gasteiger partial charge < -0.3 is 5.11 Å². The lowest BCUT2D eigenvalue weighted by molar-refractivity contribution is -0.140. The van der Waals surface area contributed by atoms with Crippen molar-refractivity contribution in [1.29, 1.82) is 0 Å². The van der Waals surface area contributed by atoms with E-state index in [9.17, 15) is 4.79 Å². The van der Waals surface area contributed by atoms with E-state index >= 15 is 0 Å². The van der Waals surface area contributed by atoms with Crippen LogP contribution >= 0.6 is 22.7 Å². The van der Waals surface area contributed by atoms with E-state index in [1.54, 1.807) is 22.7 Å². The summed E-state index contributed by atoms with van der Waals surface area (Å²) in [5.74, 6) is -0.750. The van der Waals surface area contributed by atoms with Gasteiger partial charge in [0.05, 0.1) is 4.88 Å². The maximum Gasteiger partial charge on any atom is 0.320 e. The normalized spacial score (nSPS) is 12.8. The van der Waals surface area contributed by atoms with Crippen molar-refractivity contribution in [2.24, 2.45) is 5.92 Å². The average molecular weight is 296 g/mol. The van der Waals surface area contributed by atoms with Gasteiger partial charge in [-0.2, -0.15) is 0 Å². The average Bonchev–Trinajstić information content (AvgIpc) is 2.98. The molecule has 2 rings (SSSR count). The zero-order valence-corrected chi connectivity index (χ0v) is 12.4. The maximum atomic E-state index is 11.1. The highest BCUT2D eigenvalue weighted by Crippen LogP contribution is 2.28. The molecule has 6 heteroatoms. The topological polar surface area (TPSA) is 62.2 Å². The highest BCUT2D eigenvalue weighted by molar-refractivity contribution is 7.20. The number of rotatable bonds is 6. The largest absolute Gasteiger partial charge is 0.480 e. The van der Waals surface area contributed by atoms with E-state index in [-0.39, 0.29) is 5.92 Å². The lowest BCUT2D eigenvalue weighted by Gasteiger charge is -2.16. The van der Waals surface area contributed by atoms with Gasteiger partial charge in [-0.25, -0.2) is 4.98 Å². The van der Waals surface area contributed by atoms with Gasteiger partial charge in [0.1, 0.15) is 11.0 Å². The smallest absolute Gasteiger partial charge is 0.320 e. The fraction of sp³-hybridized carbons (Fsp3) is 0.385. The number of hydrogen-bond acceptors (Lipinski definition) is 5. The molecule has 0 bridgehead atoms. The van der Waals surface area contributed by atoms with Gasteiger partial charge in [0.15, 0.2) is 0 Å². The molecule has 2 aromatic heterocycles. The van der Waals surface area contributed by atoms with Crippen molar-refractivity contribution >= 4 is 28.6 Å². The third kappa shape index (κ3) is 3.62. The summed E-state index contributed by atoms with van der Waals surface area (Å²) in [5.41, 5.74) is 0. The molecule has 0 aromatic carbocycles. The van der Waals surface area contributed by atoms with Crippen molar-refractivity contribution in [3.05, 3.63) is 28.6 Å². The number of aliphatic carboxylic acids is 1. The van der Waals surface area contributed by atoms with Crippen LogP contribution in [0.3, 0.4) is 0 Å². The van der Waals surface area contributed by atoms with Crippen LogP contribution in [0.2, 0.25) is 0 Å². The highest BCUT2D eigenvalue weighted by Gasteiger charge is 2.20. The van der Waals surface area contributed by atoms with Gasteiger partial charge in [-0.15, -0.1) is 22.7 Å². The molecule has 1 atom stereocenters. The van der Waals surface area contributed by atoms with Crippen molar-refractivity contribution in [1.82, 2.24) is 10.3 Å². The Labute approximate surface area is 120 Å². The number of hydrogen-bond donors (Lipinski definition) is 2. The minimum Gasteiger partial charge on any atom is -0.480 e. The Balaban J connectivity index is 1.99. The molecule has 0 saturated carbocycles. The predicted molar refractivity (Wildman–Crippen MR) is 78.5 cm³/mol. The van der Waals surface area contributed by atoms with Crippen LogP contribution < -0.4 is 5.32 Å². The molecule has 4 nitrogen and oxygen atoms in total. The lowest BCUT2D eigenvalue weighted by Crippen LogP contribution is -2.40. The zero-order chi connectivity index (χ0) is 13.8. The number of thiophene rings is 1. The molecule has 19 heavy (non-hydrogen) atoms. The second kappa shape index (κ2) is 6.27. The molecule has 0 aliphatic carbocycles. The molecule has 0 aliphatic rings. The lowest BCUT2D eigenvalue weighted by atomic mass is 10.1. The summed E-state index contributed by atoms with van der Waals surface area (Å²) in [6, 6.07) is 3.51. The van der Waals surface area contributed by atoms with E-state index < -0.39 is 12.0 Å². The fourth-order valence-electron chi connectivity index (χ4n) is 1.72. The summed E-state index contributed by atoms with van der Waals surface area (Å²) in [4.78, 5) is 17.6. The SMILES string of the molecule is CC(C)[C@@H](NCc1cnc(-c2cccs2)s1)C(=O)O. The number of aromatic nitrogens is 1. The van der Waals surface area contributed by atoms with Gasteiger partial charge in [-0.05, 0) is 17.4 Å². The molecule has 0 aliphatic heterocycles. The van der Waals surface area contributed by atoms with E-state index in [1.807, 2.05) is 37.6 Å². The van der Waals surface area contributed by atoms with Crippen LogP contribution in [-0.2, 0) is 11.3 Å². The van der Waals surface area contributed by atoms with Crippen molar-refractivity contribution < 1.29 is 9.90 Å². The molecular weight excluding hydrogens is 280 g/mol.